The molecule has 0 bridgehead atoms. The van der Waals surface area contributed by atoms with Crippen LogP contribution in [-0.4, -0.2) is 35.7 Å². The number of fused-ring (bicyclic) bond motifs is 1. The zero-order valence-electron chi connectivity index (χ0n) is 21.4. The quantitative estimate of drug-likeness (QED) is 0.254. The Hall–Kier alpha value is -3.80. The Bertz CT molecular complexity index is 1310. The Morgan fingerprint density at radius 2 is 1.75 bits per heavy atom. The van der Waals surface area contributed by atoms with E-state index in [1.165, 1.54) is 11.1 Å². The second-order valence-electron chi connectivity index (χ2n) is 9.05. The number of nitrogens with one attached hydrogen (secondary N) is 1. The van der Waals surface area contributed by atoms with Crippen LogP contribution in [0.1, 0.15) is 46.6 Å². The molecule has 0 aliphatic carbocycles. The Balaban J connectivity index is 1.30. The lowest BCUT2D eigenvalue weighted by molar-refractivity contribution is 0.0950. The summed E-state index contributed by atoms with van der Waals surface area (Å²) < 4.78 is 13.6. The Kier molecular flexibility index (Phi) is 8.61. The Morgan fingerprint density at radius 1 is 0.944 bits per heavy atom. The van der Waals surface area contributed by atoms with Crippen molar-refractivity contribution in [1.82, 2.24) is 14.9 Å². The van der Waals surface area contributed by atoms with Gasteiger partial charge in [0, 0.05) is 19.5 Å². The maximum Gasteiger partial charge on any atom is 0.255 e. The van der Waals surface area contributed by atoms with Crippen molar-refractivity contribution in [3.05, 3.63) is 89.2 Å². The summed E-state index contributed by atoms with van der Waals surface area (Å²) in [6, 6.07) is 21.8. The van der Waals surface area contributed by atoms with Gasteiger partial charge in [0.2, 0.25) is 0 Å². The summed E-state index contributed by atoms with van der Waals surface area (Å²) in [5, 5.41) is 3.01. The molecule has 3 aromatic carbocycles. The highest BCUT2D eigenvalue weighted by Gasteiger charge is 2.13. The lowest BCUT2D eigenvalue weighted by Crippen LogP contribution is -2.25. The first-order chi connectivity index (χ1) is 17.6. The van der Waals surface area contributed by atoms with Crippen molar-refractivity contribution >= 4 is 16.9 Å². The average Bonchev–Trinajstić information content (AvgIpc) is 3.24. The molecule has 1 heterocycles. The van der Waals surface area contributed by atoms with E-state index in [1.54, 1.807) is 19.2 Å². The lowest BCUT2D eigenvalue weighted by atomic mass is 10.1. The monoisotopic (exact) mass is 485 g/mol. The maximum atomic E-state index is 12.6. The Labute approximate surface area is 213 Å². The number of hydrogen-bond donors (Lipinski definition) is 1. The minimum Gasteiger partial charge on any atom is -0.496 e. The summed E-state index contributed by atoms with van der Waals surface area (Å²) >= 11 is 0. The number of carbonyl (C=O) groups is 1. The molecular weight excluding hydrogens is 450 g/mol. The van der Waals surface area contributed by atoms with E-state index in [4.69, 9.17) is 14.5 Å². The van der Waals surface area contributed by atoms with Crippen LogP contribution in [0.15, 0.2) is 66.7 Å². The van der Waals surface area contributed by atoms with E-state index in [9.17, 15) is 4.79 Å². The molecule has 0 aliphatic rings. The smallest absolute Gasteiger partial charge is 0.255 e. The minimum absolute atomic E-state index is 0.121. The molecule has 1 N–H and O–H groups in total. The largest absolute Gasteiger partial charge is 0.496 e. The predicted molar refractivity (Wildman–Crippen MR) is 144 cm³/mol. The molecule has 0 radical (unpaired) electrons. The molecule has 6 heteroatoms. The molecule has 0 atom stereocenters. The molecule has 188 valence electrons. The summed E-state index contributed by atoms with van der Waals surface area (Å²) in [6.45, 7) is 6.34. The van der Waals surface area contributed by atoms with Gasteiger partial charge in [0.1, 0.15) is 17.3 Å². The van der Waals surface area contributed by atoms with E-state index in [0.29, 0.717) is 24.5 Å². The number of unbranched alkanes of at least 4 members (excludes halogenated alkanes) is 1. The summed E-state index contributed by atoms with van der Waals surface area (Å²) in [4.78, 5) is 17.4. The number of carbonyl (C=O) groups excluding carboxylic acids is 1. The number of rotatable bonds is 12. The molecule has 1 amide bonds. The van der Waals surface area contributed by atoms with Gasteiger partial charge in [0.25, 0.3) is 5.91 Å². The standard InChI is InChI=1S/C30H35N3O3/c1-22-16-17-27(23(2)21-22)36-20-9-8-19-33-26-13-6-5-12-25(26)32-29(33)15-10-18-31-30(34)24-11-4-7-14-28(24)35-3/h4-7,11-14,16-17,21H,8-10,15,18-20H2,1-3H3,(H,31,34). The zero-order chi connectivity index (χ0) is 25.3. The number of aromatic nitrogens is 2. The van der Waals surface area contributed by atoms with E-state index in [-0.39, 0.29) is 5.91 Å². The Morgan fingerprint density at radius 3 is 2.58 bits per heavy atom. The van der Waals surface area contributed by atoms with Crippen LogP contribution in [0, 0.1) is 13.8 Å². The number of amides is 1. The van der Waals surface area contributed by atoms with Crippen LogP contribution in [0.4, 0.5) is 0 Å². The molecule has 1 aromatic heterocycles. The fraction of sp³-hybridized carbons (Fsp3) is 0.333. The number of methoxy groups -OCH3 is 1. The van der Waals surface area contributed by atoms with E-state index < -0.39 is 0 Å². The second kappa shape index (κ2) is 12.2. The number of hydrogen-bond acceptors (Lipinski definition) is 4. The summed E-state index contributed by atoms with van der Waals surface area (Å²) in [6.07, 6.45) is 3.57. The third-order valence-electron chi connectivity index (χ3n) is 6.31. The third-order valence-corrected chi connectivity index (χ3v) is 6.31. The van der Waals surface area contributed by atoms with Crippen LogP contribution in [0.3, 0.4) is 0 Å². The fourth-order valence-corrected chi connectivity index (χ4v) is 4.46. The van der Waals surface area contributed by atoms with Crippen LogP contribution in [-0.2, 0) is 13.0 Å². The van der Waals surface area contributed by atoms with Crippen LogP contribution in [0.2, 0.25) is 0 Å². The van der Waals surface area contributed by atoms with Gasteiger partial charge in [-0.1, -0.05) is 42.0 Å². The van der Waals surface area contributed by atoms with Crippen LogP contribution in [0.25, 0.3) is 11.0 Å². The topological polar surface area (TPSA) is 65.4 Å². The van der Waals surface area contributed by atoms with Gasteiger partial charge in [-0.05, 0) is 69.0 Å². The minimum atomic E-state index is -0.121. The van der Waals surface area contributed by atoms with Gasteiger partial charge in [-0.15, -0.1) is 0 Å². The van der Waals surface area contributed by atoms with Crippen molar-refractivity contribution in [3.8, 4) is 11.5 Å². The number of imidazole rings is 1. The summed E-state index contributed by atoms with van der Waals surface area (Å²) in [7, 11) is 1.58. The number of benzene rings is 3. The molecule has 4 rings (SSSR count). The molecule has 0 saturated carbocycles. The molecule has 6 nitrogen and oxygen atoms in total. The highest BCUT2D eigenvalue weighted by molar-refractivity contribution is 5.96. The fourth-order valence-electron chi connectivity index (χ4n) is 4.46. The third kappa shape index (κ3) is 6.25. The molecular formula is C30H35N3O3. The van der Waals surface area contributed by atoms with Gasteiger partial charge in [-0.2, -0.15) is 0 Å². The van der Waals surface area contributed by atoms with Crippen molar-refractivity contribution in [3.63, 3.8) is 0 Å². The molecule has 4 aromatic rings. The normalized spacial score (nSPS) is 11.0. The summed E-state index contributed by atoms with van der Waals surface area (Å²) in [5.74, 6) is 2.48. The molecule has 0 spiro atoms. The number of para-hydroxylation sites is 3. The molecule has 0 unspecified atom stereocenters. The molecule has 0 fully saturated rings. The first-order valence-corrected chi connectivity index (χ1v) is 12.6. The average molecular weight is 486 g/mol. The lowest BCUT2D eigenvalue weighted by Gasteiger charge is -2.12. The number of aryl methyl sites for hydroxylation is 4. The first-order valence-electron chi connectivity index (χ1n) is 12.6. The van der Waals surface area contributed by atoms with Crippen molar-refractivity contribution in [2.24, 2.45) is 0 Å². The van der Waals surface area contributed by atoms with Gasteiger partial charge in [0.15, 0.2) is 0 Å². The van der Waals surface area contributed by atoms with Gasteiger partial charge in [-0.3, -0.25) is 4.79 Å². The van der Waals surface area contributed by atoms with Crippen LogP contribution < -0.4 is 14.8 Å². The van der Waals surface area contributed by atoms with Gasteiger partial charge < -0.3 is 19.4 Å². The zero-order valence-corrected chi connectivity index (χ0v) is 21.4. The highest BCUT2D eigenvalue weighted by Crippen LogP contribution is 2.21. The maximum absolute atomic E-state index is 12.6. The van der Waals surface area contributed by atoms with E-state index in [0.717, 1.165) is 54.8 Å². The van der Waals surface area contributed by atoms with Gasteiger partial charge in [0.05, 0.1) is 30.3 Å². The SMILES string of the molecule is COc1ccccc1C(=O)NCCCc1nc2ccccc2n1CCCCOc1ccc(C)cc1C. The van der Waals surface area contributed by atoms with Crippen molar-refractivity contribution in [2.75, 3.05) is 20.3 Å². The first kappa shape index (κ1) is 25.3. The van der Waals surface area contributed by atoms with Crippen LogP contribution in [0.5, 0.6) is 11.5 Å². The van der Waals surface area contributed by atoms with Crippen molar-refractivity contribution in [1.29, 1.82) is 0 Å². The highest BCUT2D eigenvalue weighted by atomic mass is 16.5. The second-order valence-corrected chi connectivity index (χ2v) is 9.05. The van der Waals surface area contributed by atoms with E-state index in [1.807, 2.05) is 18.2 Å². The van der Waals surface area contributed by atoms with Crippen molar-refractivity contribution in [2.45, 2.75) is 46.1 Å². The van der Waals surface area contributed by atoms with Gasteiger partial charge in [-0.25, -0.2) is 4.98 Å². The summed E-state index contributed by atoms with van der Waals surface area (Å²) in [5.41, 5.74) is 5.14. The molecule has 0 aliphatic heterocycles. The molecule has 36 heavy (non-hydrogen) atoms. The van der Waals surface area contributed by atoms with Crippen LogP contribution >= 0.6 is 0 Å². The van der Waals surface area contributed by atoms with Crippen molar-refractivity contribution < 1.29 is 14.3 Å². The van der Waals surface area contributed by atoms with E-state index in [2.05, 4.69) is 60.1 Å². The number of nitrogens with zero attached hydrogens (tertiary/aromatic N) is 2. The van der Waals surface area contributed by atoms with E-state index >= 15 is 0 Å². The predicted octanol–water partition coefficient (Wildman–Crippen LogP) is 5.88. The van der Waals surface area contributed by atoms with Gasteiger partial charge >= 0.3 is 0 Å². The molecule has 0 saturated heterocycles. The number of ether oxygens (including phenoxy) is 2.